The third-order valence-corrected chi connectivity index (χ3v) is 3.96. The van der Waals surface area contributed by atoms with E-state index in [-0.39, 0.29) is 0 Å². The third kappa shape index (κ3) is 4.55. The van der Waals surface area contributed by atoms with Crippen LogP contribution < -0.4 is 5.32 Å². The zero-order valence-electron chi connectivity index (χ0n) is 10.9. The predicted octanol–water partition coefficient (Wildman–Crippen LogP) is 3.98. The normalized spacial score (nSPS) is 29.0. The number of unbranched alkanes of at least 4 members (excludes halogenated alkanes) is 1. The van der Waals surface area contributed by atoms with Gasteiger partial charge in [0.05, 0.1) is 0 Å². The lowest BCUT2D eigenvalue weighted by Gasteiger charge is -2.33. The summed E-state index contributed by atoms with van der Waals surface area (Å²) < 4.78 is 0. The molecular formula is C14H29N. The van der Waals surface area contributed by atoms with Crippen molar-refractivity contribution in [3.63, 3.8) is 0 Å². The largest absolute Gasteiger partial charge is 0.314 e. The summed E-state index contributed by atoms with van der Waals surface area (Å²) in [5.74, 6) is 1.95. The molecule has 0 aromatic carbocycles. The van der Waals surface area contributed by atoms with Crippen LogP contribution in [0.15, 0.2) is 0 Å². The number of nitrogens with one attached hydrogen (secondary N) is 1. The summed E-state index contributed by atoms with van der Waals surface area (Å²) in [6, 6.07) is 0.808. The van der Waals surface area contributed by atoms with Crippen molar-refractivity contribution < 1.29 is 0 Å². The summed E-state index contributed by atoms with van der Waals surface area (Å²) in [7, 11) is 0. The van der Waals surface area contributed by atoms with E-state index in [1.54, 1.807) is 0 Å². The molecule has 0 saturated heterocycles. The maximum absolute atomic E-state index is 3.70. The van der Waals surface area contributed by atoms with Crippen LogP contribution in [-0.4, -0.2) is 12.6 Å². The van der Waals surface area contributed by atoms with Crippen molar-refractivity contribution in [3.8, 4) is 0 Å². The van der Waals surface area contributed by atoms with E-state index in [9.17, 15) is 0 Å². The van der Waals surface area contributed by atoms with Gasteiger partial charge >= 0.3 is 0 Å². The highest BCUT2D eigenvalue weighted by atomic mass is 14.9. The van der Waals surface area contributed by atoms with Gasteiger partial charge in [0.2, 0.25) is 0 Å². The van der Waals surface area contributed by atoms with E-state index >= 15 is 0 Å². The van der Waals surface area contributed by atoms with Crippen molar-refractivity contribution in [1.29, 1.82) is 0 Å². The molecule has 1 rings (SSSR count). The highest BCUT2D eigenvalue weighted by Crippen LogP contribution is 2.31. The molecule has 1 heteroatoms. The minimum Gasteiger partial charge on any atom is -0.314 e. The lowest BCUT2D eigenvalue weighted by molar-refractivity contribution is 0.222. The summed E-state index contributed by atoms with van der Waals surface area (Å²) in [5.41, 5.74) is 0. The van der Waals surface area contributed by atoms with E-state index in [0.717, 1.165) is 24.4 Å². The van der Waals surface area contributed by atoms with Gasteiger partial charge in [0.1, 0.15) is 0 Å². The number of rotatable bonds is 6. The van der Waals surface area contributed by atoms with E-state index < -0.39 is 0 Å². The first kappa shape index (κ1) is 13.0. The van der Waals surface area contributed by atoms with Gasteiger partial charge in [0.25, 0.3) is 0 Å². The Bertz CT molecular complexity index is 147. The van der Waals surface area contributed by atoms with Gasteiger partial charge in [0.15, 0.2) is 0 Å². The van der Waals surface area contributed by atoms with Crippen LogP contribution in [0.3, 0.4) is 0 Å². The average Bonchev–Trinajstić information content (AvgIpc) is 2.25. The van der Waals surface area contributed by atoms with E-state index in [0.29, 0.717) is 0 Å². The first-order chi connectivity index (χ1) is 7.27. The van der Waals surface area contributed by atoms with E-state index in [4.69, 9.17) is 0 Å². The lowest BCUT2D eigenvalue weighted by atomic mass is 9.78. The maximum Gasteiger partial charge on any atom is 0.00952 e. The van der Waals surface area contributed by atoms with Crippen LogP contribution in [0.5, 0.6) is 0 Å². The van der Waals surface area contributed by atoms with E-state index in [1.807, 2.05) is 0 Å². The molecular weight excluding hydrogens is 182 g/mol. The molecule has 1 nitrogen and oxygen atoms in total. The molecule has 0 aliphatic heterocycles. The SMILES string of the molecule is CCCCC(NCC)C1CCC(C)CC1. The summed E-state index contributed by atoms with van der Waals surface area (Å²) in [4.78, 5) is 0. The Kier molecular flexibility index (Phi) is 6.31. The minimum absolute atomic E-state index is 0.808. The molecule has 0 aromatic rings. The summed E-state index contributed by atoms with van der Waals surface area (Å²) in [6.07, 6.45) is 9.96. The second-order valence-electron chi connectivity index (χ2n) is 5.33. The zero-order chi connectivity index (χ0) is 11.1. The Morgan fingerprint density at radius 1 is 1.13 bits per heavy atom. The number of hydrogen-bond acceptors (Lipinski definition) is 1. The Morgan fingerprint density at radius 2 is 1.80 bits per heavy atom. The smallest absolute Gasteiger partial charge is 0.00952 e. The van der Waals surface area contributed by atoms with Crippen LogP contribution in [-0.2, 0) is 0 Å². The van der Waals surface area contributed by atoms with Crippen molar-refractivity contribution >= 4 is 0 Å². The fraction of sp³-hybridized carbons (Fsp3) is 1.00. The van der Waals surface area contributed by atoms with Crippen LogP contribution >= 0.6 is 0 Å². The van der Waals surface area contributed by atoms with Gasteiger partial charge in [0, 0.05) is 6.04 Å². The van der Waals surface area contributed by atoms with E-state index in [2.05, 4.69) is 26.1 Å². The fourth-order valence-electron chi connectivity index (χ4n) is 2.88. The second-order valence-corrected chi connectivity index (χ2v) is 5.33. The van der Waals surface area contributed by atoms with Gasteiger partial charge in [-0.2, -0.15) is 0 Å². The summed E-state index contributed by atoms with van der Waals surface area (Å²) in [6.45, 7) is 8.08. The highest BCUT2D eigenvalue weighted by molar-refractivity contribution is 4.80. The molecule has 1 atom stereocenters. The molecule has 0 spiro atoms. The van der Waals surface area contributed by atoms with Crippen molar-refractivity contribution in [2.75, 3.05) is 6.54 Å². The van der Waals surface area contributed by atoms with Crippen molar-refractivity contribution in [2.45, 2.75) is 71.8 Å². The van der Waals surface area contributed by atoms with Crippen LogP contribution in [0.4, 0.5) is 0 Å². The van der Waals surface area contributed by atoms with Crippen molar-refractivity contribution in [2.24, 2.45) is 11.8 Å². The van der Waals surface area contributed by atoms with Gasteiger partial charge in [-0.25, -0.2) is 0 Å². The standard InChI is InChI=1S/C14H29N/c1-4-6-7-14(15-5-2)13-10-8-12(3)9-11-13/h12-15H,4-11H2,1-3H3. The molecule has 1 aliphatic rings. The Labute approximate surface area is 96.0 Å². The molecule has 1 aliphatic carbocycles. The monoisotopic (exact) mass is 211 g/mol. The average molecular weight is 211 g/mol. The minimum atomic E-state index is 0.808. The summed E-state index contributed by atoms with van der Waals surface area (Å²) in [5, 5.41) is 3.70. The molecule has 1 unspecified atom stereocenters. The summed E-state index contributed by atoms with van der Waals surface area (Å²) >= 11 is 0. The molecule has 0 aromatic heterocycles. The Hall–Kier alpha value is -0.0400. The molecule has 0 heterocycles. The Balaban J connectivity index is 2.33. The topological polar surface area (TPSA) is 12.0 Å². The maximum atomic E-state index is 3.70. The zero-order valence-corrected chi connectivity index (χ0v) is 10.9. The first-order valence-electron chi connectivity index (χ1n) is 7.01. The highest BCUT2D eigenvalue weighted by Gasteiger charge is 2.24. The van der Waals surface area contributed by atoms with Crippen LogP contribution in [0.1, 0.15) is 65.7 Å². The van der Waals surface area contributed by atoms with Gasteiger partial charge in [-0.1, -0.05) is 46.5 Å². The molecule has 90 valence electrons. The van der Waals surface area contributed by atoms with Gasteiger partial charge < -0.3 is 5.32 Å². The molecule has 0 amide bonds. The first-order valence-corrected chi connectivity index (χ1v) is 7.01. The van der Waals surface area contributed by atoms with Gasteiger partial charge in [-0.3, -0.25) is 0 Å². The molecule has 1 saturated carbocycles. The van der Waals surface area contributed by atoms with Crippen LogP contribution in [0.2, 0.25) is 0 Å². The van der Waals surface area contributed by atoms with Crippen LogP contribution in [0, 0.1) is 11.8 Å². The van der Waals surface area contributed by atoms with Crippen molar-refractivity contribution in [3.05, 3.63) is 0 Å². The third-order valence-electron chi connectivity index (χ3n) is 3.96. The molecule has 0 radical (unpaired) electrons. The van der Waals surface area contributed by atoms with Crippen LogP contribution in [0.25, 0.3) is 0 Å². The molecule has 1 fully saturated rings. The van der Waals surface area contributed by atoms with Gasteiger partial charge in [-0.05, 0) is 37.6 Å². The Morgan fingerprint density at radius 3 is 2.33 bits per heavy atom. The fourth-order valence-corrected chi connectivity index (χ4v) is 2.88. The molecule has 0 bridgehead atoms. The number of hydrogen-bond donors (Lipinski definition) is 1. The quantitative estimate of drug-likeness (QED) is 0.700. The van der Waals surface area contributed by atoms with Crippen molar-refractivity contribution in [1.82, 2.24) is 5.32 Å². The molecule has 15 heavy (non-hydrogen) atoms. The predicted molar refractivity (Wildman–Crippen MR) is 68.1 cm³/mol. The lowest BCUT2D eigenvalue weighted by Crippen LogP contribution is -2.37. The second kappa shape index (κ2) is 7.27. The van der Waals surface area contributed by atoms with Gasteiger partial charge in [-0.15, -0.1) is 0 Å². The van der Waals surface area contributed by atoms with E-state index in [1.165, 1.54) is 44.9 Å². The molecule has 1 N–H and O–H groups in total.